The summed E-state index contributed by atoms with van der Waals surface area (Å²) in [6, 6.07) is 0.369. The smallest absolute Gasteiger partial charge is 0.433 e. The van der Waals surface area contributed by atoms with Gasteiger partial charge < -0.3 is 10.0 Å². The quantitative estimate of drug-likeness (QED) is 0.831. The molecule has 1 fully saturated rings. The number of anilines is 1. The van der Waals surface area contributed by atoms with Crippen LogP contribution in [0, 0.1) is 5.92 Å². The van der Waals surface area contributed by atoms with Crippen LogP contribution >= 0.6 is 0 Å². The third-order valence-corrected chi connectivity index (χ3v) is 2.86. The van der Waals surface area contributed by atoms with Crippen molar-refractivity contribution in [2.75, 3.05) is 18.0 Å². The molecule has 2 rings (SSSR count). The molecule has 1 aliphatic heterocycles. The fraction of sp³-hybridized carbons (Fsp3) is 0.500. The van der Waals surface area contributed by atoms with Gasteiger partial charge in [-0.3, -0.25) is 14.6 Å². The van der Waals surface area contributed by atoms with Crippen LogP contribution < -0.4 is 10.5 Å². The van der Waals surface area contributed by atoms with Crippen LogP contribution in [-0.2, 0) is 11.0 Å². The van der Waals surface area contributed by atoms with Crippen molar-refractivity contribution in [1.82, 2.24) is 9.97 Å². The number of H-pyrrole nitrogens is 1. The number of nitrogens with one attached hydrogen (secondary N) is 1. The fourth-order valence-electron chi connectivity index (χ4n) is 1.89. The van der Waals surface area contributed by atoms with Crippen LogP contribution in [0.2, 0.25) is 0 Å². The number of hydrogen-bond acceptors (Lipinski definition) is 4. The number of carboxylic acids is 1. The largest absolute Gasteiger partial charge is 0.481 e. The van der Waals surface area contributed by atoms with Gasteiger partial charge >= 0.3 is 12.1 Å². The molecule has 9 heteroatoms. The molecule has 1 aliphatic rings. The molecule has 0 amide bonds. The minimum Gasteiger partial charge on any atom is -0.481 e. The second-order valence-corrected chi connectivity index (χ2v) is 4.22. The molecule has 1 aromatic rings. The maximum atomic E-state index is 12.5. The monoisotopic (exact) mass is 277 g/mol. The number of rotatable bonds is 2. The third kappa shape index (κ3) is 2.85. The number of carbonyl (C=O) groups is 1. The number of carboxylic acid groups (broad SMARTS) is 1. The molecule has 0 aromatic carbocycles. The van der Waals surface area contributed by atoms with E-state index in [1.54, 1.807) is 0 Å². The van der Waals surface area contributed by atoms with E-state index >= 15 is 0 Å². The number of halogens is 3. The fourth-order valence-corrected chi connectivity index (χ4v) is 1.89. The van der Waals surface area contributed by atoms with Gasteiger partial charge in [0.05, 0.1) is 5.92 Å². The number of aliphatic carboxylic acids is 1. The average molecular weight is 277 g/mol. The summed E-state index contributed by atoms with van der Waals surface area (Å²) in [5.41, 5.74) is -2.21. The molecule has 0 bridgehead atoms. The van der Waals surface area contributed by atoms with Crippen LogP contribution in [0.15, 0.2) is 10.9 Å². The molecule has 2 heterocycles. The predicted molar refractivity (Wildman–Crippen MR) is 57.8 cm³/mol. The lowest BCUT2D eigenvalue weighted by atomic mass is 10.1. The van der Waals surface area contributed by atoms with Crippen LogP contribution in [0.3, 0.4) is 0 Å². The molecule has 0 spiro atoms. The molecule has 2 N–H and O–H groups in total. The van der Waals surface area contributed by atoms with Crippen molar-refractivity contribution in [1.29, 1.82) is 0 Å². The Hall–Kier alpha value is -2.06. The summed E-state index contributed by atoms with van der Waals surface area (Å²) in [4.78, 5) is 28.8. The number of aromatic nitrogens is 2. The summed E-state index contributed by atoms with van der Waals surface area (Å²) < 4.78 is 37.5. The second-order valence-electron chi connectivity index (χ2n) is 4.22. The molecule has 0 aliphatic carbocycles. The van der Waals surface area contributed by atoms with Gasteiger partial charge in [0.15, 0.2) is 5.69 Å². The maximum Gasteiger partial charge on any atom is 0.433 e. The lowest BCUT2D eigenvalue weighted by Gasteiger charge is -2.17. The van der Waals surface area contributed by atoms with Gasteiger partial charge in [0.1, 0.15) is 0 Å². The molecule has 6 nitrogen and oxygen atoms in total. The Morgan fingerprint density at radius 1 is 1.53 bits per heavy atom. The Morgan fingerprint density at radius 2 is 2.21 bits per heavy atom. The Morgan fingerprint density at radius 3 is 2.74 bits per heavy atom. The van der Waals surface area contributed by atoms with E-state index in [1.807, 2.05) is 0 Å². The third-order valence-electron chi connectivity index (χ3n) is 2.86. The van der Waals surface area contributed by atoms with Crippen LogP contribution in [0.4, 0.5) is 19.1 Å². The maximum absolute atomic E-state index is 12.5. The number of aromatic amines is 1. The van der Waals surface area contributed by atoms with E-state index in [0.29, 0.717) is 12.5 Å². The van der Waals surface area contributed by atoms with Gasteiger partial charge in [0.2, 0.25) is 5.95 Å². The van der Waals surface area contributed by atoms with Gasteiger partial charge in [0.25, 0.3) is 5.56 Å². The zero-order chi connectivity index (χ0) is 14.2. The first-order chi connectivity index (χ1) is 8.77. The van der Waals surface area contributed by atoms with Crippen LogP contribution in [0.1, 0.15) is 12.1 Å². The Balaban J connectivity index is 2.29. The molecule has 1 atom stereocenters. The molecular weight excluding hydrogens is 267 g/mol. The number of alkyl halides is 3. The number of nitrogens with zero attached hydrogens (tertiary/aromatic N) is 2. The standard InChI is InChI=1S/C10H10F3N3O3/c11-10(12,13)6-3-7(17)15-9(14-6)16-2-1-5(4-16)8(18)19/h3,5H,1-2,4H2,(H,18,19)(H,14,15,17). The first kappa shape index (κ1) is 13.4. The van der Waals surface area contributed by atoms with Gasteiger partial charge in [-0.05, 0) is 6.42 Å². The van der Waals surface area contributed by atoms with Crippen molar-refractivity contribution in [3.8, 4) is 0 Å². The Labute approximate surface area is 104 Å². The van der Waals surface area contributed by atoms with Gasteiger partial charge in [-0.25, -0.2) is 4.98 Å². The zero-order valence-electron chi connectivity index (χ0n) is 9.57. The van der Waals surface area contributed by atoms with Crippen molar-refractivity contribution in [2.45, 2.75) is 12.6 Å². The molecular formula is C10H10F3N3O3. The summed E-state index contributed by atoms with van der Waals surface area (Å²) in [7, 11) is 0. The minimum atomic E-state index is -4.71. The number of hydrogen-bond donors (Lipinski definition) is 2. The molecule has 0 radical (unpaired) electrons. The van der Waals surface area contributed by atoms with Crippen molar-refractivity contribution >= 4 is 11.9 Å². The van der Waals surface area contributed by atoms with Gasteiger partial charge in [-0.1, -0.05) is 0 Å². The van der Waals surface area contributed by atoms with Crippen molar-refractivity contribution in [2.24, 2.45) is 5.92 Å². The minimum absolute atomic E-state index is 0.0274. The molecule has 19 heavy (non-hydrogen) atoms. The second kappa shape index (κ2) is 4.56. The summed E-state index contributed by atoms with van der Waals surface area (Å²) >= 11 is 0. The lowest BCUT2D eigenvalue weighted by molar-refractivity contribution is -0.142. The van der Waals surface area contributed by atoms with Gasteiger partial charge in [-0.15, -0.1) is 0 Å². The average Bonchev–Trinajstić information content (AvgIpc) is 2.76. The van der Waals surface area contributed by atoms with Crippen molar-refractivity contribution < 1.29 is 23.1 Å². The van der Waals surface area contributed by atoms with E-state index in [4.69, 9.17) is 5.11 Å². The highest BCUT2D eigenvalue weighted by Gasteiger charge is 2.35. The Kier molecular flexibility index (Phi) is 3.21. The summed E-state index contributed by atoms with van der Waals surface area (Å²) in [6.45, 7) is 0.265. The van der Waals surface area contributed by atoms with E-state index in [1.165, 1.54) is 4.90 Å². The SMILES string of the molecule is O=C(O)C1CCN(c2nc(C(F)(F)F)cc(=O)[nH]2)C1. The van der Waals surface area contributed by atoms with E-state index in [2.05, 4.69) is 9.97 Å². The lowest BCUT2D eigenvalue weighted by Crippen LogP contribution is -2.28. The summed E-state index contributed by atoms with van der Waals surface area (Å²) in [5, 5.41) is 8.82. The molecule has 1 unspecified atom stereocenters. The van der Waals surface area contributed by atoms with Crippen LogP contribution in [0.5, 0.6) is 0 Å². The summed E-state index contributed by atoms with van der Waals surface area (Å²) in [5.74, 6) is -1.93. The topological polar surface area (TPSA) is 86.3 Å². The van der Waals surface area contributed by atoms with Crippen molar-refractivity contribution in [3.63, 3.8) is 0 Å². The molecule has 1 aromatic heterocycles. The van der Waals surface area contributed by atoms with E-state index in [-0.39, 0.29) is 19.0 Å². The van der Waals surface area contributed by atoms with Crippen molar-refractivity contribution in [3.05, 3.63) is 22.1 Å². The highest BCUT2D eigenvalue weighted by atomic mass is 19.4. The molecule has 1 saturated heterocycles. The highest BCUT2D eigenvalue weighted by molar-refractivity contribution is 5.71. The summed E-state index contributed by atoms with van der Waals surface area (Å²) in [6.07, 6.45) is -4.41. The Bertz CT molecular complexity index is 555. The molecule has 0 saturated carbocycles. The van der Waals surface area contributed by atoms with Crippen LogP contribution in [0.25, 0.3) is 0 Å². The van der Waals surface area contributed by atoms with E-state index < -0.39 is 29.3 Å². The van der Waals surface area contributed by atoms with Crippen LogP contribution in [-0.4, -0.2) is 34.1 Å². The first-order valence-electron chi connectivity index (χ1n) is 5.43. The van der Waals surface area contributed by atoms with E-state index in [0.717, 1.165) is 0 Å². The van der Waals surface area contributed by atoms with Gasteiger partial charge in [0, 0.05) is 19.2 Å². The first-order valence-corrected chi connectivity index (χ1v) is 5.43. The highest BCUT2D eigenvalue weighted by Crippen LogP contribution is 2.28. The van der Waals surface area contributed by atoms with Gasteiger partial charge in [-0.2, -0.15) is 13.2 Å². The molecule has 104 valence electrons. The van der Waals surface area contributed by atoms with E-state index in [9.17, 15) is 22.8 Å². The predicted octanol–water partition coefficient (Wildman–Crippen LogP) is 0.700. The zero-order valence-corrected chi connectivity index (χ0v) is 9.57. The normalized spacial score (nSPS) is 19.7.